The van der Waals surface area contributed by atoms with Gasteiger partial charge in [-0.05, 0) is 72.9 Å². The lowest BCUT2D eigenvalue weighted by atomic mass is 9.92. The smallest absolute Gasteiger partial charge is 0.408 e. The topological polar surface area (TPSA) is 108 Å². The number of aliphatic hydroxyl groups is 1. The third-order valence-electron chi connectivity index (χ3n) is 5.44. The summed E-state index contributed by atoms with van der Waals surface area (Å²) < 4.78 is 5.28. The molecule has 8 heteroatoms. The van der Waals surface area contributed by atoms with Crippen molar-refractivity contribution in [2.24, 2.45) is 0 Å². The van der Waals surface area contributed by atoms with Crippen LogP contribution < -0.4 is 10.6 Å². The van der Waals surface area contributed by atoms with E-state index in [1.165, 1.54) is 4.90 Å². The fraction of sp³-hybridized carbons (Fsp3) is 0.667. The second-order valence-corrected chi connectivity index (χ2v) is 11.0. The Morgan fingerprint density at radius 3 is 2.17 bits per heavy atom. The van der Waals surface area contributed by atoms with Gasteiger partial charge in [0.15, 0.2) is 0 Å². The standard InChI is InChI=1S/C27H45N3O5/c1-10-11-12-15-28-23(32)22(20-14-13-18(2)16-19(20)3)30(26(4,5)6)24(33)21(17-31)29-25(34)35-27(7,8)9/h13-14,16,21-22,31H,10-12,15,17H2,1-9H3,(H,28,32)(H,29,34). The zero-order chi connectivity index (χ0) is 27.0. The molecule has 1 aromatic carbocycles. The predicted octanol–water partition coefficient (Wildman–Crippen LogP) is 4.16. The lowest BCUT2D eigenvalue weighted by molar-refractivity contribution is -0.149. The number of nitrogens with zero attached hydrogens (tertiary/aromatic N) is 1. The number of rotatable bonds is 10. The Morgan fingerprint density at radius 1 is 1.06 bits per heavy atom. The fourth-order valence-corrected chi connectivity index (χ4v) is 3.86. The summed E-state index contributed by atoms with van der Waals surface area (Å²) in [6, 6.07) is 3.53. The van der Waals surface area contributed by atoms with Gasteiger partial charge < -0.3 is 25.4 Å². The van der Waals surface area contributed by atoms with Crippen molar-refractivity contribution in [1.29, 1.82) is 0 Å². The van der Waals surface area contributed by atoms with Gasteiger partial charge in [-0.1, -0.05) is 43.5 Å². The summed E-state index contributed by atoms with van der Waals surface area (Å²) >= 11 is 0. The van der Waals surface area contributed by atoms with E-state index in [4.69, 9.17) is 4.74 Å². The Morgan fingerprint density at radius 2 is 1.69 bits per heavy atom. The van der Waals surface area contributed by atoms with Gasteiger partial charge in [0, 0.05) is 12.1 Å². The summed E-state index contributed by atoms with van der Waals surface area (Å²) in [5.41, 5.74) is 1.05. The number of alkyl carbamates (subject to hydrolysis) is 1. The van der Waals surface area contributed by atoms with E-state index in [1.807, 2.05) is 52.8 Å². The van der Waals surface area contributed by atoms with Crippen LogP contribution in [0.5, 0.6) is 0 Å². The predicted molar refractivity (Wildman–Crippen MR) is 138 cm³/mol. The van der Waals surface area contributed by atoms with Crippen LogP contribution >= 0.6 is 0 Å². The van der Waals surface area contributed by atoms with Crippen molar-refractivity contribution in [3.05, 3.63) is 34.9 Å². The van der Waals surface area contributed by atoms with Crippen molar-refractivity contribution in [1.82, 2.24) is 15.5 Å². The number of aliphatic hydroxyl groups excluding tert-OH is 1. The second kappa shape index (κ2) is 12.9. The summed E-state index contributed by atoms with van der Waals surface area (Å²) in [6.07, 6.45) is 2.04. The van der Waals surface area contributed by atoms with E-state index in [0.29, 0.717) is 12.1 Å². The molecule has 0 heterocycles. The molecule has 2 unspecified atom stereocenters. The Balaban J connectivity index is 3.46. The largest absolute Gasteiger partial charge is 0.444 e. The molecule has 1 rings (SSSR count). The zero-order valence-corrected chi connectivity index (χ0v) is 22.9. The molecule has 0 radical (unpaired) electrons. The summed E-state index contributed by atoms with van der Waals surface area (Å²) in [7, 11) is 0. The summed E-state index contributed by atoms with van der Waals surface area (Å²) in [5.74, 6) is -0.871. The first-order chi connectivity index (χ1) is 16.1. The molecule has 0 saturated heterocycles. The van der Waals surface area contributed by atoms with Gasteiger partial charge in [0.25, 0.3) is 0 Å². The Labute approximate surface area is 210 Å². The molecule has 0 saturated carbocycles. The molecule has 0 fully saturated rings. The van der Waals surface area contributed by atoms with Gasteiger partial charge in [-0.25, -0.2) is 4.79 Å². The first-order valence-electron chi connectivity index (χ1n) is 12.4. The van der Waals surface area contributed by atoms with Crippen molar-refractivity contribution in [2.45, 2.75) is 105 Å². The minimum atomic E-state index is -1.27. The number of hydrogen-bond donors (Lipinski definition) is 3. The van der Waals surface area contributed by atoms with Crippen LogP contribution in [0.25, 0.3) is 0 Å². The SMILES string of the molecule is CCCCCNC(=O)C(c1ccc(C)cc1C)N(C(=O)C(CO)NC(=O)OC(C)(C)C)C(C)(C)C. The molecular formula is C27H45N3O5. The molecule has 3 amide bonds. The van der Waals surface area contributed by atoms with Crippen LogP contribution in [0.2, 0.25) is 0 Å². The molecule has 2 atom stereocenters. The highest BCUT2D eigenvalue weighted by Gasteiger charge is 2.42. The van der Waals surface area contributed by atoms with Gasteiger partial charge in [0.1, 0.15) is 17.7 Å². The fourth-order valence-electron chi connectivity index (χ4n) is 3.86. The third kappa shape index (κ3) is 9.51. The number of nitrogens with one attached hydrogen (secondary N) is 2. The van der Waals surface area contributed by atoms with Gasteiger partial charge >= 0.3 is 6.09 Å². The van der Waals surface area contributed by atoms with Crippen molar-refractivity contribution < 1.29 is 24.2 Å². The number of benzene rings is 1. The number of ether oxygens (including phenoxy) is 1. The van der Waals surface area contributed by atoms with E-state index in [1.54, 1.807) is 20.8 Å². The van der Waals surface area contributed by atoms with Crippen molar-refractivity contribution in [3.8, 4) is 0 Å². The summed E-state index contributed by atoms with van der Waals surface area (Å²) in [4.78, 5) is 41.2. The minimum absolute atomic E-state index is 0.301. The second-order valence-electron chi connectivity index (χ2n) is 11.0. The van der Waals surface area contributed by atoms with E-state index in [0.717, 1.165) is 30.4 Å². The molecule has 8 nitrogen and oxygen atoms in total. The highest BCUT2D eigenvalue weighted by atomic mass is 16.6. The van der Waals surface area contributed by atoms with E-state index >= 15 is 0 Å². The van der Waals surface area contributed by atoms with Crippen molar-refractivity contribution in [2.75, 3.05) is 13.2 Å². The van der Waals surface area contributed by atoms with E-state index in [2.05, 4.69) is 17.6 Å². The molecule has 3 N–H and O–H groups in total. The maximum atomic E-state index is 13.8. The van der Waals surface area contributed by atoms with Crippen molar-refractivity contribution >= 4 is 17.9 Å². The van der Waals surface area contributed by atoms with Crippen LogP contribution in [-0.4, -0.2) is 58.2 Å². The van der Waals surface area contributed by atoms with Gasteiger partial charge in [-0.2, -0.15) is 0 Å². The molecular weight excluding hydrogens is 446 g/mol. The highest BCUT2D eigenvalue weighted by Crippen LogP contribution is 2.32. The van der Waals surface area contributed by atoms with Crippen LogP contribution in [0.4, 0.5) is 4.79 Å². The third-order valence-corrected chi connectivity index (χ3v) is 5.44. The number of carbonyl (C=O) groups is 3. The van der Waals surface area contributed by atoms with E-state index in [9.17, 15) is 19.5 Å². The van der Waals surface area contributed by atoms with Gasteiger partial charge in [-0.3, -0.25) is 9.59 Å². The molecule has 0 aliphatic rings. The summed E-state index contributed by atoms with van der Waals surface area (Å²) in [6.45, 7) is 16.4. The van der Waals surface area contributed by atoms with Crippen LogP contribution in [0.3, 0.4) is 0 Å². The molecule has 35 heavy (non-hydrogen) atoms. The van der Waals surface area contributed by atoms with E-state index < -0.39 is 41.8 Å². The molecule has 0 aliphatic heterocycles. The monoisotopic (exact) mass is 491 g/mol. The zero-order valence-electron chi connectivity index (χ0n) is 22.9. The quantitative estimate of drug-likeness (QED) is 0.426. The first-order valence-corrected chi connectivity index (χ1v) is 12.4. The minimum Gasteiger partial charge on any atom is -0.444 e. The number of unbranched alkanes of at least 4 members (excludes halogenated alkanes) is 2. The molecule has 0 spiro atoms. The van der Waals surface area contributed by atoms with Gasteiger partial charge in [0.2, 0.25) is 11.8 Å². The molecule has 0 bridgehead atoms. The van der Waals surface area contributed by atoms with Crippen molar-refractivity contribution in [3.63, 3.8) is 0 Å². The van der Waals surface area contributed by atoms with E-state index in [-0.39, 0.29) is 5.91 Å². The van der Waals surface area contributed by atoms with Gasteiger partial charge in [-0.15, -0.1) is 0 Å². The van der Waals surface area contributed by atoms with Crippen LogP contribution in [-0.2, 0) is 14.3 Å². The van der Waals surface area contributed by atoms with Crippen LogP contribution in [0, 0.1) is 13.8 Å². The molecule has 198 valence electrons. The maximum absolute atomic E-state index is 13.8. The lowest BCUT2D eigenvalue weighted by Crippen LogP contribution is -2.59. The average Bonchev–Trinajstić information content (AvgIpc) is 2.71. The number of hydrogen-bond acceptors (Lipinski definition) is 5. The Bertz CT molecular complexity index is 871. The molecule has 1 aromatic rings. The normalized spacial score (nSPS) is 13.5. The first kappa shape index (κ1) is 30.4. The molecule has 0 aromatic heterocycles. The molecule has 0 aliphatic carbocycles. The number of carbonyl (C=O) groups excluding carboxylic acids is 3. The average molecular weight is 492 g/mol. The van der Waals surface area contributed by atoms with Crippen LogP contribution in [0.1, 0.15) is 90.5 Å². The van der Waals surface area contributed by atoms with Gasteiger partial charge in [0.05, 0.1) is 6.61 Å². The number of aryl methyl sites for hydroxylation is 2. The maximum Gasteiger partial charge on any atom is 0.408 e. The van der Waals surface area contributed by atoms with Crippen LogP contribution in [0.15, 0.2) is 18.2 Å². The number of amides is 3. The Kier molecular flexibility index (Phi) is 11.2. The Hall–Kier alpha value is -2.61. The summed E-state index contributed by atoms with van der Waals surface area (Å²) in [5, 5.41) is 15.5. The highest BCUT2D eigenvalue weighted by molar-refractivity contribution is 5.93. The lowest BCUT2D eigenvalue weighted by Gasteiger charge is -2.43.